The summed E-state index contributed by atoms with van der Waals surface area (Å²) in [7, 11) is 0. The van der Waals surface area contributed by atoms with E-state index in [2.05, 4.69) is 224 Å². The van der Waals surface area contributed by atoms with Crippen LogP contribution in [0.1, 0.15) is 22.3 Å². The second-order valence-corrected chi connectivity index (χ2v) is 16.6. The minimum atomic E-state index is -0.477. The van der Waals surface area contributed by atoms with E-state index < -0.39 is 5.41 Å². The van der Waals surface area contributed by atoms with E-state index in [0.717, 1.165) is 38.6 Å². The molecule has 63 heavy (non-hydrogen) atoms. The lowest BCUT2D eigenvalue weighted by Crippen LogP contribution is -2.25. The van der Waals surface area contributed by atoms with Crippen LogP contribution in [-0.4, -0.2) is 15.0 Å². The molecule has 0 atom stereocenters. The standard InChI is InChI=1S/C60H37N3/c1-2-15-38(16-3-1)39-31-34-42(35-32-39)57-61-58(48-25-13-19-41-33-36-43(37-51(41)48)45-24-12-18-40-17-4-5-20-44(40)45)63-59(62-57)50-26-14-30-55-56(50)49-23-8-11-29-54(49)60(55)52-27-9-6-21-46(52)47-22-7-10-28-53(47)60/h1-37H. The van der Waals surface area contributed by atoms with E-state index in [9.17, 15) is 0 Å². The first-order valence-electron chi connectivity index (χ1n) is 21.6. The molecule has 292 valence electrons. The van der Waals surface area contributed by atoms with E-state index in [-0.39, 0.29) is 0 Å². The minimum absolute atomic E-state index is 0.477. The number of hydrogen-bond donors (Lipinski definition) is 0. The van der Waals surface area contributed by atoms with Gasteiger partial charge in [0.2, 0.25) is 0 Å². The van der Waals surface area contributed by atoms with Crippen molar-refractivity contribution in [3.63, 3.8) is 0 Å². The van der Waals surface area contributed by atoms with Gasteiger partial charge in [0, 0.05) is 16.7 Å². The highest BCUT2D eigenvalue weighted by atomic mass is 15.0. The third-order valence-corrected chi connectivity index (χ3v) is 13.4. The number of hydrogen-bond acceptors (Lipinski definition) is 3. The van der Waals surface area contributed by atoms with Crippen molar-refractivity contribution >= 4 is 21.5 Å². The van der Waals surface area contributed by atoms with Crippen molar-refractivity contribution < 1.29 is 0 Å². The van der Waals surface area contributed by atoms with Gasteiger partial charge in [0.25, 0.3) is 0 Å². The number of nitrogens with zero attached hydrogens (tertiary/aromatic N) is 3. The van der Waals surface area contributed by atoms with Crippen molar-refractivity contribution in [3.05, 3.63) is 247 Å². The van der Waals surface area contributed by atoms with E-state index in [1.807, 2.05) is 0 Å². The molecular weight excluding hydrogens is 763 g/mol. The summed E-state index contributed by atoms with van der Waals surface area (Å²) < 4.78 is 0. The van der Waals surface area contributed by atoms with Crippen LogP contribution in [0.4, 0.5) is 0 Å². The molecule has 0 saturated carbocycles. The van der Waals surface area contributed by atoms with Gasteiger partial charge in [-0.15, -0.1) is 0 Å². The zero-order valence-electron chi connectivity index (χ0n) is 34.2. The van der Waals surface area contributed by atoms with Gasteiger partial charge in [-0.1, -0.05) is 218 Å². The van der Waals surface area contributed by atoms with Gasteiger partial charge in [0.15, 0.2) is 17.5 Å². The van der Waals surface area contributed by atoms with Crippen LogP contribution in [0.5, 0.6) is 0 Å². The number of benzene rings is 10. The Balaban J connectivity index is 1.05. The van der Waals surface area contributed by atoms with Crippen LogP contribution < -0.4 is 0 Å². The van der Waals surface area contributed by atoms with Gasteiger partial charge in [0.1, 0.15) is 0 Å². The maximum atomic E-state index is 5.50. The lowest BCUT2D eigenvalue weighted by atomic mass is 9.70. The quantitative estimate of drug-likeness (QED) is 0.174. The van der Waals surface area contributed by atoms with Gasteiger partial charge in [-0.25, -0.2) is 15.0 Å². The van der Waals surface area contributed by atoms with E-state index in [4.69, 9.17) is 15.0 Å². The van der Waals surface area contributed by atoms with Crippen molar-refractivity contribution in [2.75, 3.05) is 0 Å². The highest BCUT2D eigenvalue weighted by molar-refractivity contribution is 6.03. The fourth-order valence-electron chi connectivity index (χ4n) is 10.6. The molecule has 1 heterocycles. The molecule has 0 aliphatic heterocycles. The predicted octanol–water partition coefficient (Wildman–Crippen LogP) is 14.9. The molecule has 0 bridgehead atoms. The Hall–Kier alpha value is -8.27. The average Bonchev–Trinajstić information content (AvgIpc) is 3.84. The highest BCUT2D eigenvalue weighted by Crippen LogP contribution is 2.63. The van der Waals surface area contributed by atoms with Crippen LogP contribution in [-0.2, 0) is 5.41 Å². The molecule has 11 aromatic rings. The van der Waals surface area contributed by atoms with Crippen molar-refractivity contribution in [2.45, 2.75) is 5.41 Å². The Morgan fingerprint density at radius 2 is 0.714 bits per heavy atom. The molecule has 1 aromatic heterocycles. The molecule has 0 radical (unpaired) electrons. The van der Waals surface area contributed by atoms with Gasteiger partial charge in [-0.05, 0) is 94.4 Å². The predicted molar refractivity (Wildman–Crippen MR) is 258 cm³/mol. The summed E-state index contributed by atoms with van der Waals surface area (Å²) in [6.07, 6.45) is 0. The van der Waals surface area contributed by atoms with Crippen molar-refractivity contribution in [2.24, 2.45) is 0 Å². The fourth-order valence-corrected chi connectivity index (χ4v) is 10.6. The number of rotatable bonds is 5. The fraction of sp³-hybridized carbons (Fsp3) is 0.0167. The highest BCUT2D eigenvalue weighted by Gasteiger charge is 2.52. The zero-order chi connectivity index (χ0) is 41.5. The smallest absolute Gasteiger partial charge is 0.164 e. The summed E-state index contributed by atoms with van der Waals surface area (Å²) in [6, 6.07) is 80.9. The van der Waals surface area contributed by atoms with Crippen molar-refractivity contribution in [1.82, 2.24) is 15.0 Å². The first-order chi connectivity index (χ1) is 31.2. The molecule has 13 rings (SSSR count). The third kappa shape index (κ3) is 5.30. The molecular formula is C60H37N3. The van der Waals surface area contributed by atoms with Crippen LogP contribution in [0.25, 0.3) is 100 Å². The van der Waals surface area contributed by atoms with Gasteiger partial charge >= 0.3 is 0 Å². The molecule has 0 saturated heterocycles. The summed E-state index contributed by atoms with van der Waals surface area (Å²) in [4.78, 5) is 16.3. The lowest BCUT2D eigenvalue weighted by Gasteiger charge is -2.30. The minimum Gasteiger partial charge on any atom is -0.208 e. The van der Waals surface area contributed by atoms with Crippen LogP contribution in [0.3, 0.4) is 0 Å². The normalized spacial score (nSPS) is 12.9. The van der Waals surface area contributed by atoms with Crippen LogP contribution in [0.15, 0.2) is 224 Å². The monoisotopic (exact) mass is 799 g/mol. The van der Waals surface area contributed by atoms with Crippen LogP contribution in [0.2, 0.25) is 0 Å². The Morgan fingerprint density at radius 3 is 1.46 bits per heavy atom. The van der Waals surface area contributed by atoms with Gasteiger partial charge in [-0.3, -0.25) is 0 Å². The summed E-state index contributed by atoms with van der Waals surface area (Å²) in [5, 5.41) is 4.66. The van der Waals surface area contributed by atoms with Crippen LogP contribution >= 0.6 is 0 Å². The second-order valence-electron chi connectivity index (χ2n) is 16.6. The molecule has 0 unspecified atom stereocenters. The molecule has 2 aliphatic carbocycles. The first-order valence-corrected chi connectivity index (χ1v) is 21.6. The summed E-state index contributed by atoms with van der Waals surface area (Å²) in [5.41, 5.74) is 17.1. The molecule has 0 N–H and O–H groups in total. The van der Waals surface area contributed by atoms with E-state index >= 15 is 0 Å². The Labute approximate surface area is 365 Å². The SMILES string of the molecule is c1ccc(-c2ccc(-c3nc(-c4cccc5c4-c4ccccc4C54c5ccccc5-c5ccccc54)nc(-c4cccc5ccc(-c6cccc7ccccc67)cc45)n3)cc2)cc1. The van der Waals surface area contributed by atoms with E-state index in [1.165, 1.54) is 66.4 Å². The molecule has 3 nitrogen and oxygen atoms in total. The summed E-state index contributed by atoms with van der Waals surface area (Å²) >= 11 is 0. The van der Waals surface area contributed by atoms with E-state index in [1.54, 1.807) is 0 Å². The second kappa shape index (κ2) is 13.9. The maximum absolute atomic E-state index is 5.50. The topological polar surface area (TPSA) is 38.7 Å². The van der Waals surface area contributed by atoms with Gasteiger partial charge in [0.05, 0.1) is 5.41 Å². The Kier molecular flexibility index (Phi) is 7.82. The van der Waals surface area contributed by atoms with E-state index in [0.29, 0.717) is 17.5 Å². The third-order valence-electron chi connectivity index (χ3n) is 13.4. The molecule has 2 aliphatic rings. The molecule has 10 aromatic carbocycles. The molecule has 0 amide bonds. The Morgan fingerprint density at radius 1 is 0.254 bits per heavy atom. The van der Waals surface area contributed by atoms with Crippen molar-refractivity contribution in [1.29, 1.82) is 0 Å². The lowest BCUT2D eigenvalue weighted by molar-refractivity contribution is 0.794. The number of fused-ring (bicyclic) bond motifs is 12. The van der Waals surface area contributed by atoms with Crippen LogP contribution in [0, 0.1) is 0 Å². The molecule has 0 fully saturated rings. The number of aromatic nitrogens is 3. The van der Waals surface area contributed by atoms with Gasteiger partial charge < -0.3 is 0 Å². The molecule has 1 spiro atoms. The first kappa shape index (κ1) is 35.5. The average molecular weight is 800 g/mol. The van der Waals surface area contributed by atoms with Crippen molar-refractivity contribution in [3.8, 4) is 78.7 Å². The molecule has 3 heteroatoms. The largest absolute Gasteiger partial charge is 0.208 e. The van der Waals surface area contributed by atoms with Gasteiger partial charge in [-0.2, -0.15) is 0 Å². The summed E-state index contributed by atoms with van der Waals surface area (Å²) in [6.45, 7) is 0. The zero-order valence-corrected chi connectivity index (χ0v) is 34.2. The maximum Gasteiger partial charge on any atom is 0.164 e. The summed E-state index contributed by atoms with van der Waals surface area (Å²) in [5.74, 6) is 1.91. The Bertz CT molecular complexity index is 3570.